The molecule has 0 fully saturated rings. The second-order valence-corrected chi connectivity index (χ2v) is 7.34. The fraction of sp³-hybridized carbons (Fsp3) is 0.500. The Labute approximate surface area is 160 Å². The quantitative estimate of drug-likeness (QED) is 0.460. The molecule has 2 nitrogen and oxygen atoms in total. The van der Waals surface area contributed by atoms with Crippen LogP contribution in [-0.4, -0.2) is 18.0 Å². The molecule has 0 heterocycles. The molecule has 0 bridgehead atoms. The minimum Gasteiger partial charge on any atom is -0.385 e. The van der Waals surface area contributed by atoms with Crippen LogP contribution in [0.25, 0.3) is 0 Å². The molecule has 0 aliphatic heterocycles. The summed E-state index contributed by atoms with van der Waals surface area (Å²) in [4.78, 5) is 2.61. The molecule has 2 heteroatoms. The molecule has 26 heavy (non-hydrogen) atoms. The van der Waals surface area contributed by atoms with Gasteiger partial charge in [-0.3, -0.25) is 4.90 Å². The lowest BCUT2D eigenvalue weighted by atomic mass is 10.0. The van der Waals surface area contributed by atoms with Crippen molar-refractivity contribution in [3.63, 3.8) is 0 Å². The van der Waals surface area contributed by atoms with Gasteiger partial charge in [-0.1, -0.05) is 69.2 Å². The molecule has 0 amide bonds. The number of anilines is 1. The van der Waals surface area contributed by atoms with Crippen LogP contribution in [0.3, 0.4) is 0 Å². The lowest BCUT2D eigenvalue weighted by Gasteiger charge is -2.30. The van der Waals surface area contributed by atoms with Gasteiger partial charge in [0.05, 0.1) is 0 Å². The van der Waals surface area contributed by atoms with Gasteiger partial charge in [0.25, 0.3) is 0 Å². The van der Waals surface area contributed by atoms with Gasteiger partial charge in [-0.25, -0.2) is 0 Å². The Balaban J connectivity index is 2.15. The maximum absolute atomic E-state index is 3.62. The van der Waals surface area contributed by atoms with Crippen molar-refractivity contribution >= 4 is 5.69 Å². The van der Waals surface area contributed by atoms with Crippen molar-refractivity contribution in [1.29, 1.82) is 0 Å². The Morgan fingerprint density at radius 3 is 2.38 bits per heavy atom. The first-order valence-electron chi connectivity index (χ1n) is 10.3. The van der Waals surface area contributed by atoms with Crippen LogP contribution in [0.15, 0.2) is 48.5 Å². The van der Waals surface area contributed by atoms with E-state index in [1.165, 1.54) is 48.1 Å². The highest BCUT2D eigenvalue weighted by Crippen LogP contribution is 2.27. The Hall–Kier alpha value is -1.80. The van der Waals surface area contributed by atoms with Crippen molar-refractivity contribution in [3.8, 4) is 0 Å². The summed E-state index contributed by atoms with van der Waals surface area (Å²) in [6.07, 6.45) is 4.92. The van der Waals surface area contributed by atoms with Crippen LogP contribution in [0.2, 0.25) is 0 Å². The third-order valence-electron chi connectivity index (χ3n) is 5.16. The first kappa shape index (κ1) is 20.5. The zero-order valence-corrected chi connectivity index (χ0v) is 17.1. The third kappa shape index (κ3) is 6.17. The van der Waals surface area contributed by atoms with Crippen LogP contribution in [0.5, 0.6) is 0 Å². The highest BCUT2D eigenvalue weighted by atomic mass is 15.1. The minimum absolute atomic E-state index is 0.411. The molecule has 1 N–H and O–H groups in total. The van der Waals surface area contributed by atoms with E-state index in [4.69, 9.17) is 0 Å². The Morgan fingerprint density at radius 1 is 0.962 bits per heavy atom. The molecule has 0 aliphatic carbocycles. The van der Waals surface area contributed by atoms with Crippen LogP contribution in [-0.2, 0) is 6.54 Å². The van der Waals surface area contributed by atoms with E-state index in [-0.39, 0.29) is 0 Å². The summed E-state index contributed by atoms with van der Waals surface area (Å²) in [5, 5.41) is 3.62. The van der Waals surface area contributed by atoms with Crippen LogP contribution in [0.1, 0.15) is 69.2 Å². The van der Waals surface area contributed by atoms with Gasteiger partial charge in [-0.05, 0) is 56.0 Å². The van der Waals surface area contributed by atoms with Crippen molar-refractivity contribution in [3.05, 3.63) is 65.2 Å². The second kappa shape index (κ2) is 11.0. The van der Waals surface area contributed by atoms with Crippen molar-refractivity contribution in [2.45, 2.75) is 66.0 Å². The molecular formula is C24H36N2. The molecule has 0 spiro atoms. The SMILES string of the molecule is CCCCNc1cc([C@H](C)N(CCCC)Cc2ccccc2)ccc1C. The van der Waals surface area contributed by atoms with Crippen molar-refractivity contribution in [1.82, 2.24) is 4.90 Å². The molecule has 2 aromatic carbocycles. The maximum Gasteiger partial charge on any atom is 0.0373 e. The molecule has 1 atom stereocenters. The average molecular weight is 353 g/mol. The van der Waals surface area contributed by atoms with Crippen LogP contribution in [0.4, 0.5) is 5.69 Å². The van der Waals surface area contributed by atoms with E-state index in [0.717, 1.165) is 19.6 Å². The van der Waals surface area contributed by atoms with E-state index in [1.54, 1.807) is 0 Å². The molecule has 2 rings (SSSR count). The van der Waals surface area contributed by atoms with Gasteiger partial charge in [-0.15, -0.1) is 0 Å². The minimum atomic E-state index is 0.411. The lowest BCUT2D eigenvalue weighted by Crippen LogP contribution is -2.28. The zero-order valence-electron chi connectivity index (χ0n) is 17.1. The van der Waals surface area contributed by atoms with Gasteiger partial charge in [0.2, 0.25) is 0 Å². The predicted molar refractivity (Wildman–Crippen MR) is 115 cm³/mol. The van der Waals surface area contributed by atoms with E-state index < -0.39 is 0 Å². The molecular weight excluding hydrogens is 316 g/mol. The number of benzene rings is 2. The fourth-order valence-electron chi connectivity index (χ4n) is 3.29. The molecule has 0 aromatic heterocycles. The monoisotopic (exact) mass is 352 g/mol. The Bertz CT molecular complexity index is 636. The van der Waals surface area contributed by atoms with E-state index in [0.29, 0.717) is 6.04 Å². The first-order valence-corrected chi connectivity index (χ1v) is 10.3. The number of nitrogens with zero attached hydrogens (tertiary/aromatic N) is 1. The Morgan fingerprint density at radius 2 is 1.69 bits per heavy atom. The number of nitrogens with one attached hydrogen (secondary N) is 1. The summed E-state index contributed by atoms with van der Waals surface area (Å²) < 4.78 is 0. The fourth-order valence-corrected chi connectivity index (χ4v) is 3.29. The maximum atomic E-state index is 3.62. The van der Waals surface area contributed by atoms with Gasteiger partial charge in [-0.2, -0.15) is 0 Å². The van der Waals surface area contributed by atoms with Crippen molar-refractivity contribution < 1.29 is 0 Å². The summed E-state index contributed by atoms with van der Waals surface area (Å²) in [5.41, 5.74) is 5.42. The number of aryl methyl sites for hydroxylation is 1. The normalized spacial score (nSPS) is 12.3. The summed E-state index contributed by atoms with van der Waals surface area (Å²) in [6.45, 7) is 12.3. The van der Waals surface area contributed by atoms with Gasteiger partial charge in [0.15, 0.2) is 0 Å². The van der Waals surface area contributed by atoms with E-state index in [2.05, 4.69) is 86.4 Å². The second-order valence-electron chi connectivity index (χ2n) is 7.34. The molecule has 0 saturated carbocycles. The standard InChI is InChI=1S/C24H36N2/c1-5-7-16-25-24-18-23(15-14-20(24)3)21(4)26(17-8-6-2)19-22-12-10-9-11-13-22/h9-15,18,21,25H,5-8,16-17,19H2,1-4H3/t21-/m0/s1. The third-order valence-corrected chi connectivity index (χ3v) is 5.16. The van der Waals surface area contributed by atoms with Gasteiger partial charge in [0, 0.05) is 24.8 Å². The number of unbranched alkanes of at least 4 members (excludes halogenated alkanes) is 2. The average Bonchev–Trinajstić information content (AvgIpc) is 2.67. The predicted octanol–water partition coefficient (Wildman–Crippen LogP) is 6.57. The van der Waals surface area contributed by atoms with Gasteiger partial charge >= 0.3 is 0 Å². The largest absolute Gasteiger partial charge is 0.385 e. The number of rotatable bonds is 11. The van der Waals surface area contributed by atoms with Crippen molar-refractivity contribution in [2.24, 2.45) is 0 Å². The van der Waals surface area contributed by atoms with E-state index in [1.807, 2.05) is 0 Å². The van der Waals surface area contributed by atoms with E-state index in [9.17, 15) is 0 Å². The number of hydrogen-bond acceptors (Lipinski definition) is 2. The van der Waals surface area contributed by atoms with Crippen LogP contribution >= 0.6 is 0 Å². The molecule has 0 unspecified atom stereocenters. The van der Waals surface area contributed by atoms with Crippen LogP contribution in [0, 0.1) is 6.92 Å². The van der Waals surface area contributed by atoms with E-state index >= 15 is 0 Å². The smallest absolute Gasteiger partial charge is 0.0373 e. The highest BCUT2D eigenvalue weighted by Gasteiger charge is 2.16. The van der Waals surface area contributed by atoms with Crippen LogP contribution < -0.4 is 5.32 Å². The van der Waals surface area contributed by atoms with Gasteiger partial charge in [0.1, 0.15) is 0 Å². The molecule has 2 aromatic rings. The summed E-state index contributed by atoms with van der Waals surface area (Å²) in [6, 6.07) is 18.2. The molecule has 0 aliphatic rings. The lowest BCUT2D eigenvalue weighted by molar-refractivity contribution is 0.198. The topological polar surface area (TPSA) is 15.3 Å². The molecule has 0 saturated heterocycles. The zero-order chi connectivity index (χ0) is 18.8. The number of hydrogen-bond donors (Lipinski definition) is 1. The summed E-state index contributed by atoms with van der Waals surface area (Å²) >= 11 is 0. The highest BCUT2D eigenvalue weighted by molar-refractivity contribution is 5.53. The first-order chi connectivity index (χ1) is 12.7. The van der Waals surface area contributed by atoms with Crippen molar-refractivity contribution in [2.75, 3.05) is 18.4 Å². The molecule has 0 radical (unpaired) electrons. The summed E-state index contributed by atoms with van der Waals surface area (Å²) in [5.74, 6) is 0. The molecule has 142 valence electrons. The van der Waals surface area contributed by atoms with Gasteiger partial charge < -0.3 is 5.32 Å². The summed E-state index contributed by atoms with van der Waals surface area (Å²) in [7, 11) is 0. The Kier molecular flexibility index (Phi) is 8.70.